The Labute approximate surface area is 149 Å². The maximum atomic E-state index is 12.6. The highest BCUT2D eigenvalue weighted by molar-refractivity contribution is 6.42. The fraction of sp³-hybridized carbons (Fsp3) is 0.222. The van der Waals surface area contributed by atoms with E-state index in [4.69, 9.17) is 27.9 Å². The summed E-state index contributed by atoms with van der Waals surface area (Å²) in [6.45, 7) is 0.286. The van der Waals surface area contributed by atoms with Gasteiger partial charge >= 0.3 is 5.97 Å². The number of halogens is 2. The summed E-state index contributed by atoms with van der Waals surface area (Å²) in [6.07, 6.45) is -0.454. The third-order valence-electron chi connectivity index (χ3n) is 3.98. The number of ether oxygens (including phenoxy) is 1. The molecule has 0 saturated heterocycles. The highest BCUT2D eigenvalue weighted by atomic mass is 35.5. The van der Waals surface area contributed by atoms with Crippen molar-refractivity contribution in [2.45, 2.75) is 19.1 Å². The van der Waals surface area contributed by atoms with Crippen molar-refractivity contribution in [3.05, 3.63) is 69.2 Å². The van der Waals surface area contributed by atoms with Crippen molar-refractivity contribution in [1.82, 2.24) is 4.90 Å². The van der Waals surface area contributed by atoms with Crippen LogP contribution in [0.1, 0.15) is 21.5 Å². The van der Waals surface area contributed by atoms with Gasteiger partial charge in [0.2, 0.25) is 0 Å². The van der Waals surface area contributed by atoms with E-state index in [1.165, 1.54) is 4.90 Å². The summed E-state index contributed by atoms with van der Waals surface area (Å²) in [5.74, 6) is -0.738. The maximum Gasteiger partial charge on any atom is 0.339 e. The number of fused-ring (bicyclic) bond motifs is 1. The summed E-state index contributed by atoms with van der Waals surface area (Å²) in [6, 6.07) is 12.4. The Hall–Kier alpha value is -2.04. The minimum atomic E-state index is -0.824. The van der Waals surface area contributed by atoms with Crippen LogP contribution in [-0.2, 0) is 22.5 Å². The molecule has 0 unspecified atom stereocenters. The quantitative estimate of drug-likeness (QED) is 0.780. The minimum absolute atomic E-state index is 0.270. The number of hydrogen-bond donors (Lipinski definition) is 0. The number of benzene rings is 2. The molecule has 0 radical (unpaired) electrons. The van der Waals surface area contributed by atoms with Gasteiger partial charge in [0.05, 0.1) is 15.6 Å². The fourth-order valence-corrected chi connectivity index (χ4v) is 3.10. The molecule has 0 fully saturated rings. The molecule has 0 N–H and O–H groups in total. The minimum Gasteiger partial charge on any atom is -0.448 e. The van der Waals surface area contributed by atoms with Gasteiger partial charge in [-0.05, 0) is 23.3 Å². The van der Waals surface area contributed by atoms with E-state index in [0.29, 0.717) is 22.0 Å². The molecular weight excluding hydrogens is 349 g/mol. The first-order valence-electron chi connectivity index (χ1n) is 7.44. The zero-order chi connectivity index (χ0) is 17.3. The van der Waals surface area contributed by atoms with Crippen molar-refractivity contribution in [3.8, 4) is 0 Å². The Balaban J connectivity index is 1.75. The molecule has 2 aromatic carbocycles. The molecule has 1 amide bonds. The highest BCUT2D eigenvalue weighted by Gasteiger charge is 2.32. The number of cyclic esters (lactones) is 1. The molecule has 0 aliphatic carbocycles. The first-order chi connectivity index (χ1) is 11.5. The zero-order valence-corrected chi connectivity index (χ0v) is 14.5. The Morgan fingerprint density at radius 2 is 1.96 bits per heavy atom. The van der Waals surface area contributed by atoms with Crippen LogP contribution in [-0.4, -0.2) is 29.9 Å². The van der Waals surface area contributed by atoms with Gasteiger partial charge in [-0.25, -0.2) is 4.79 Å². The Morgan fingerprint density at radius 3 is 2.75 bits per heavy atom. The molecule has 0 spiro atoms. The monoisotopic (exact) mass is 363 g/mol. The lowest BCUT2D eigenvalue weighted by Crippen LogP contribution is -2.42. The number of esters is 1. The fourth-order valence-electron chi connectivity index (χ4n) is 2.72. The number of likely N-dealkylation sites (N-methyl/N-ethyl adjacent to an activating group) is 1. The first-order valence-corrected chi connectivity index (χ1v) is 8.19. The lowest BCUT2D eigenvalue weighted by molar-refractivity contribution is -0.140. The van der Waals surface area contributed by atoms with Gasteiger partial charge in [-0.2, -0.15) is 0 Å². The van der Waals surface area contributed by atoms with Crippen molar-refractivity contribution in [3.63, 3.8) is 0 Å². The number of nitrogens with zero attached hydrogens (tertiary/aromatic N) is 1. The SMILES string of the molecule is CN(Cc1cccc(Cl)c1Cl)C(=O)[C@H]1Cc2ccccc2C(=O)O1. The third-order valence-corrected chi connectivity index (χ3v) is 4.84. The molecule has 0 saturated carbocycles. The summed E-state index contributed by atoms with van der Waals surface area (Å²) in [7, 11) is 1.65. The summed E-state index contributed by atoms with van der Waals surface area (Å²) < 4.78 is 5.30. The molecule has 0 bridgehead atoms. The molecular formula is C18H15Cl2NO3. The van der Waals surface area contributed by atoms with Crippen molar-refractivity contribution in [2.75, 3.05) is 7.05 Å². The average molecular weight is 364 g/mol. The summed E-state index contributed by atoms with van der Waals surface area (Å²) in [5, 5.41) is 0.859. The van der Waals surface area contributed by atoms with Crippen LogP contribution in [0.5, 0.6) is 0 Å². The number of carbonyl (C=O) groups excluding carboxylic acids is 2. The summed E-state index contributed by atoms with van der Waals surface area (Å²) in [4.78, 5) is 26.2. The number of carbonyl (C=O) groups is 2. The highest BCUT2D eigenvalue weighted by Crippen LogP contribution is 2.27. The van der Waals surface area contributed by atoms with E-state index in [1.54, 1.807) is 37.4 Å². The van der Waals surface area contributed by atoms with Crippen LogP contribution in [0, 0.1) is 0 Å². The third kappa shape index (κ3) is 3.25. The lowest BCUT2D eigenvalue weighted by Gasteiger charge is -2.28. The second kappa shape index (κ2) is 6.83. The van der Waals surface area contributed by atoms with Gasteiger partial charge in [0.25, 0.3) is 5.91 Å². The second-order valence-electron chi connectivity index (χ2n) is 5.66. The Kier molecular flexibility index (Phi) is 4.78. The largest absolute Gasteiger partial charge is 0.448 e. The van der Waals surface area contributed by atoms with Gasteiger partial charge < -0.3 is 9.64 Å². The molecule has 2 aromatic rings. The van der Waals surface area contributed by atoms with E-state index in [9.17, 15) is 9.59 Å². The van der Waals surface area contributed by atoms with E-state index in [0.717, 1.165) is 11.1 Å². The van der Waals surface area contributed by atoms with Gasteiger partial charge in [-0.3, -0.25) is 4.79 Å². The van der Waals surface area contributed by atoms with Crippen LogP contribution in [0.2, 0.25) is 10.0 Å². The normalized spacial score (nSPS) is 16.3. The van der Waals surface area contributed by atoms with Crippen molar-refractivity contribution in [2.24, 2.45) is 0 Å². The molecule has 1 heterocycles. The van der Waals surface area contributed by atoms with Gasteiger partial charge in [0.1, 0.15) is 0 Å². The van der Waals surface area contributed by atoms with E-state index in [1.807, 2.05) is 12.1 Å². The average Bonchev–Trinajstić information content (AvgIpc) is 2.58. The van der Waals surface area contributed by atoms with Crippen LogP contribution in [0.15, 0.2) is 42.5 Å². The van der Waals surface area contributed by atoms with Crippen molar-refractivity contribution in [1.29, 1.82) is 0 Å². The van der Waals surface area contributed by atoms with Gasteiger partial charge in [-0.1, -0.05) is 53.5 Å². The van der Waals surface area contributed by atoms with Crippen molar-refractivity contribution >= 4 is 35.1 Å². The predicted octanol–water partition coefficient (Wildman–Crippen LogP) is 3.73. The van der Waals surface area contributed by atoms with Gasteiger partial charge in [-0.15, -0.1) is 0 Å². The van der Waals surface area contributed by atoms with E-state index >= 15 is 0 Å². The molecule has 1 aliphatic rings. The number of amides is 1. The predicted molar refractivity (Wildman–Crippen MR) is 92.3 cm³/mol. The molecule has 3 rings (SSSR count). The molecule has 6 heteroatoms. The number of rotatable bonds is 3. The van der Waals surface area contributed by atoms with E-state index < -0.39 is 12.1 Å². The van der Waals surface area contributed by atoms with Crippen molar-refractivity contribution < 1.29 is 14.3 Å². The first kappa shape index (κ1) is 16.8. The zero-order valence-electron chi connectivity index (χ0n) is 13.0. The van der Waals surface area contributed by atoms with E-state index in [-0.39, 0.29) is 12.5 Å². The van der Waals surface area contributed by atoms with Crippen LogP contribution >= 0.6 is 23.2 Å². The lowest BCUT2D eigenvalue weighted by atomic mass is 9.98. The van der Waals surface area contributed by atoms with Crippen LogP contribution in [0.25, 0.3) is 0 Å². The van der Waals surface area contributed by atoms with E-state index in [2.05, 4.69) is 0 Å². The molecule has 4 nitrogen and oxygen atoms in total. The van der Waals surface area contributed by atoms with Crippen LogP contribution in [0.4, 0.5) is 0 Å². The molecule has 1 aliphatic heterocycles. The molecule has 1 atom stereocenters. The molecule has 0 aromatic heterocycles. The van der Waals surface area contributed by atoms with Crippen LogP contribution in [0.3, 0.4) is 0 Å². The Bertz CT molecular complexity index is 807. The Morgan fingerprint density at radius 1 is 1.21 bits per heavy atom. The topological polar surface area (TPSA) is 46.6 Å². The van der Waals surface area contributed by atoms with Gasteiger partial charge in [0, 0.05) is 20.0 Å². The number of hydrogen-bond acceptors (Lipinski definition) is 3. The standard InChI is InChI=1S/C18H15Cl2NO3/c1-21(10-12-6-4-8-14(19)16(12)20)17(22)15-9-11-5-2-3-7-13(11)18(23)24-15/h2-8,15H,9-10H2,1H3/t15-/m1/s1. The summed E-state index contributed by atoms with van der Waals surface area (Å²) >= 11 is 12.2. The maximum absolute atomic E-state index is 12.6. The smallest absolute Gasteiger partial charge is 0.339 e. The second-order valence-corrected chi connectivity index (χ2v) is 6.45. The van der Waals surface area contributed by atoms with Gasteiger partial charge in [0.15, 0.2) is 6.10 Å². The van der Waals surface area contributed by atoms with Crippen LogP contribution < -0.4 is 0 Å². The molecule has 124 valence electrons. The summed E-state index contributed by atoms with van der Waals surface area (Å²) in [5.41, 5.74) is 2.07. The molecule has 24 heavy (non-hydrogen) atoms.